The average molecular weight is 1410 g/mol. The lowest BCUT2D eigenvalue weighted by atomic mass is 9.78. The number of hydrogen-bond acceptors (Lipinski definition) is 21. The summed E-state index contributed by atoms with van der Waals surface area (Å²) in [6, 6.07) is 24.4. The van der Waals surface area contributed by atoms with Crippen molar-refractivity contribution < 1.29 is 90.5 Å². The summed E-state index contributed by atoms with van der Waals surface area (Å²) < 4.78 is 186. The lowest BCUT2D eigenvalue weighted by Crippen LogP contribution is -2.38. The van der Waals surface area contributed by atoms with Crippen molar-refractivity contribution in [1.82, 2.24) is 23.8 Å². The number of aryl methyl sites for hydroxylation is 2. The van der Waals surface area contributed by atoms with Crippen LogP contribution in [-0.4, -0.2) is 241 Å². The SMILES string of the molecule is CNCCCN(CCOCCOC)S(=O)(=O)CCCOC1c2cc(-c3ccc4c(c3)C(OCCCS(=O)(=O)NCCOCCOC)C(OCCCS(=O)(=O)NCCOCCOC)c3cc(C)ccc3-4)ccc2-c2ccc(C)cc2C1OCCCS(=O)(=O)NCCOCCOC. The van der Waals surface area contributed by atoms with Gasteiger partial charge in [-0.25, -0.2) is 47.8 Å². The second-order valence-electron chi connectivity index (χ2n) is 23.1. The van der Waals surface area contributed by atoms with Gasteiger partial charge in [0.15, 0.2) is 0 Å². The maximum Gasteiger partial charge on any atom is 0.214 e. The highest BCUT2D eigenvalue weighted by molar-refractivity contribution is 7.90. The van der Waals surface area contributed by atoms with Crippen molar-refractivity contribution in [2.75, 3.05) is 203 Å². The second kappa shape index (κ2) is 42.2. The van der Waals surface area contributed by atoms with E-state index in [9.17, 15) is 33.7 Å². The molecular formula is C66H103N5O20S4. The van der Waals surface area contributed by atoms with E-state index in [0.717, 1.165) is 66.8 Å². The Kier molecular flexibility index (Phi) is 35.5. The molecule has 6 rings (SSSR count). The van der Waals surface area contributed by atoms with E-state index in [1.165, 1.54) is 4.31 Å². The summed E-state index contributed by atoms with van der Waals surface area (Å²) in [5.41, 5.74) is 10.2. The Bertz CT molecular complexity index is 3390. The van der Waals surface area contributed by atoms with Gasteiger partial charge in [0.1, 0.15) is 24.4 Å². The molecule has 95 heavy (non-hydrogen) atoms. The molecule has 0 heterocycles. The normalized spacial score (nSPS) is 16.5. The van der Waals surface area contributed by atoms with E-state index in [2.05, 4.69) is 25.5 Å². The van der Waals surface area contributed by atoms with Crippen molar-refractivity contribution in [3.05, 3.63) is 106 Å². The first kappa shape index (κ1) is 80.0. The van der Waals surface area contributed by atoms with Gasteiger partial charge in [-0.3, -0.25) is 0 Å². The highest BCUT2D eigenvalue weighted by atomic mass is 32.2. The molecule has 2 aliphatic rings. The Labute approximate surface area is 564 Å². The first-order chi connectivity index (χ1) is 45.8. The summed E-state index contributed by atoms with van der Waals surface area (Å²) in [4.78, 5) is 0. The van der Waals surface area contributed by atoms with Gasteiger partial charge in [-0.2, -0.15) is 4.31 Å². The molecule has 0 spiro atoms. The minimum atomic E-state index is -3.77. The first-order valence-electron chi connectivity index (χ1n) is 32.5. The van der Waals surface area contributed by atoms with Crippen LogP contribution in [0.15, 0.2) is 72.8 Å². The third-order valence-electron chi connectivity index (χ3n) is 15.8. The Morgan fingerprint density at radius 1 is 0.358 bits per heavy atom. The van der Waals surface area contributed by atoms with Gasteiger partial charge >= 0.3 is 0 Å². The molecule has 0 bridgehead atoms. The van der Waals surface area contributed by atoms with E-state index < -0.39 is 64.5 Å². The maximum atomic E-state index is 14.1. The molecule has 0 fully saturated rings. The van der Waals surface area contributed by atoms with E-state index in [-0.39, 0.29) is 128 Å². The Hall–Kier alpha value is -4.00. The first-order valence-corrected chi connectivity index (χ1v) is 39.1. The topological polar surface area (TPSA) is 299 Å². The quantitative estimate of drug-likeness (QED) is 0.0381. The zero-order valence-electron chi connectivity index (χ0n) is 56.4. The van der Waals surface area contributed by atoms with Gasteiger partial charge in [-0.15, -0.1) is 0 Å². The van der Waals surface area contributed by atoms with Crippen LogP contribution in [0.25, 0.3) is 33.4 Å². The molecule has 0 aliphatic heterocycles. The van der Waals surface area contributed by atoms with Gasteiger partial charge < -0.3 is 62.2 Å². The molecular weight excluding hydrogens is 1310 g/mol. The molecule has 25 nitrogen and oxygen atoms in total. The Balaban J connectivity index is 1.34. The highest BCUT2D eigenvalue weighted by Gasteiger charge is 2.39. The number of hydrogen-bond donors (Lipinski definition) is 4. The fourth-order valence-electron chi connectivity index (χ4n) is 11.1. The number of ether oxygens (including phenoxy) is 12. The van der Waals surface area contributed by atoms with Gasteiger partial charge in [0, 0.05) is 87.6 Å². The summed E-state index contributed by atoms with van der Waals surface area (Å²) in [6.45, 7) is 9.13. The lowest BCUT2D eigenvalue weighted by molar-refractivity contribution is -0.0789. The van der Waals surface area contributed by atoms with Crippen LogP contribution in [0.1, 0.15) is 89.9 Å². The third-order valence-corrected chi connectivity index (χ3v) is 22.1. The Morgan fingerprint density at radius 2 is 0.684 bits per heavy atom. The van der Waals surface area contributed by atoms with Gasteiger partial charge in [0.2, 0.25) is 40.1 Å². The van der Waals surface area contributed by atoms with Gasteiger partial charge in [0.05, 0.1) is 102 Å². The molecule has 536 valence electrons. The number of nitrogens with zero attached hydrogens (tertiary/aromatic N) is 1. The van der Waals surface area contributed by atoms with Crippen molar-refractivity contribution >= 4 is 40.1 Å². The smallest absolute Gasteiger partial charge is 0.214 e. The zero-order chi connectivity index (χ0) is 68.5. The monoisotopic (exact) mass is 1410 g/mol. The van der Waals surface area contributed by atoms with Crippen LogP contribution in [0.3, 0.4) is 0 Å². The maximum absolute atomic E-state index is 14.1. The van der Waals surface area contributed by atoms with Crippen molar-refractivity contribution in [1.29, 1.82) is 0 Å². The predicted molar refractivity (Wildman–Crippen MR) is 366 cm³/mol. The van der Waals surface area contributed by atoms with Crippen molar-refractivity contribution in [2.45, 2.75) is 70.4 Å². The standard InChI is InChI=1S/C66H103N5O20S4/c1-51-13-17-55-57-19-15-53(49-61(57)65(90-29-11-45-94(76,77)70-24-33-86-41-37-82-6)63(59(55)47-51)88-27-9-43-92(72,73)68-22-31-84-39-35-80-4)54-16-20-58-56-18-14-52(2)48-60(56)64(89-28-10-44-93(74,75)69-23-32-85-40-36-81-5)66(62(58)50-54)91-30-12-46-95(78,79)71(25-8-21-67-3)26-34-87-42-38-83-7/h13-20,47-50,63-70H,8-12,21-46H2,1-7H3. The average Bonchev–Trinajstić information content (AvgIpc) is 0.750. The molecule has 2 aliphatic carbocycles. The van der Waals surface area contributed by atoms with E-state index in [4.69, 9.17) is 56.8 Å². The number of sulfonamides is 4. The van der Waals surface area contributed by atoms with E-state index in [1.807, 2.05) is 87.6 Å². The highest BCUT2D eigenvalue weighted by Crippen LogP contribution is 2.52. The van der Waals surface area contributed by atoms with Crippen molar-refractivity contribution in [3.63, 3.8) is 0 Å². The van der Waals surface area contributed by atoms with Crippen molar-refractivity contribution in [2.24, 2.45) is 0 Å². The lowest BCUT2D eigenvalue weighted by Gasteiger charge is -2.37. The van der Waals surface area contributed by atoms with Gasteiger partial charge in [-0.05, 0) is 127 Å². The van der Waals surface area contributed by atoms with E-state index >= 15 is 0 Å². The molecule has 4 aromatic carbocycles. The minimum absolute atomic E-state index is 0.0230. The fraction of sp³-hybridized carbons (Fsp3) is 0.636. The second-order valence-corrected chi connectivity index (χ2v) is 31.0. The molecule has 0 saturated carbocycles. The van der Waals surface area contributed by atoms with E-state index in [0.29, 0.717) is 72.4 Å². The molecule has 0 aromatic heterocycles. The van der Waals surface area contributed by atoms with Crippen LogP contribution in [-0.2, 0) is 96.9 Å². The molecule has 0 radical (unpaired) electrons. The summed E-state index contributed by atoms with van der Waals surface area (Å²) in [6.07, 6.45) is -1.91. The van der Waals surface area contributed by atoms with E-state index in [1.54, 1.807) is 28.4 Å². The predicted octanol–water partition coefficient (Wildman–Crippen LogP) is 5.77. The molecule has 4 atom stereocenters. The molecule has 0 saturated heterocycles. The summed E-state index contributed by atoms with van der Waals surface area (Å²) in [7, 11) is -6.81. The van der Waals surface area contributed by atoms with Gasteiger partial charge in [-0.1, -0.05) is 71.8 Å². The van der Waals surface area contributed by atoms with Crippen molar-refractivity contribution in [3.8, 4) is 33.4 Å². The minimum Gasteiger partial charge on any atom is -0.382 e. The fourth-order valence-corrected chi connectivity index (χ4v) is 15.7. The number of fused-ring (bicyclic) bond motifs is 6. The van der Waals surface area contributed by atoms with Crippen LogP contribution < -0.4 is 19.5 Å². The number of benzene rings is 4. The van der Waals surface area contributed by atoms with Crippen LogP contribution in [0.4, 0.5) is 0 Å². The van der Waals surface area contributed by atoms with Crippen LogP contribution in [0, 0.1) is 13.8 Å². The van der Waals surface area contributed by atoms with Crippen LogP contribution in [0.2, 0.25) is 0 Å². The zero-order valence-corrected chi connectivity index (χ0v) is 59.7. The third kappa shape index (κ3) is 26.9. The molecule has 0 amide bonds. The summed E-state index contributed by atoms with van der Waals surface area (Å²) in [5.74, 6) is -0.839. The van der Waals surface area contributed by atoms with Gasteiger partial charge in [0.25, 0.3) is 0 Å². The molecule has 4 unspecified atom stereocenters. The number of rotatable bonds is 53. The molecule has 29 heteroatoms. The van der Waals surface area contributed by atoms with Crippen LogP contribution >= 0.6 is 0 Å². The number of nitrogens with one attached hydrogen (secondary N) is 4. The summed E-state index contributed by atoms with van der Waals surface area (Å²) in [5, 5.41) is 3.09. The Morgan fingerprint density at radius 3 is 1.03 bits per heavy atom. The van der Waals surface area contributed by atoms with Crippen LogP contribution in [0.5, 0.6) is 0 Å². The summed E-state index contributed by atoms with van der Waals surface area (Å²) >= 11 is 0. The molecule has 4 aromatic rings. The largest absolute Gasteiger partial charge is 0.382 e. The number of methoxy groups -OCH3 is 4. The molecule has 4 N–H and O–H groups in total.